The van der Waals surface area contributed by atoms with Crippen molar-refractivity contribution < 1.29 is 8.83 Å². The molecule has 0 N–H and O–H groups in total. The van der Waals surface area contributed by atoms with Crippen molar-refractivity contribution in [2.45, 2.75) is 0 Å². The molecule has 0 fully saturated rings. The Bertz CT molecular complexity index is 2850. The molecule has 5 nitrogen and oxygen atoms in total. The molecule has 0 aliphatic heterocycles. The summed E-state index contributed by atoms with van der Waals surface area (Å²) in [6.07, 6.45) is 0. The molecule has 0 saturated carbocycles. The molecule has 3 aromatic heterocycles. The zero-order chi connectivity index (χ0) is 33.0. The van der Waals surface area contributed by atoms with E-state index >= 15 is 0 Å². The summed E-state index contributed by atoms with van der Waals surface area (Å²) in [6, 6.07) is 55.9. The van der Waals surface area contributed by atoms with Crippen molar-refractivity contribution in [3.63, 3.8) is 0 Å². The lowest BCUT2D eigenvalue weighted by Gasteiger charge is -2.09. The minimum Gasteiger partial charge on any atom is -0.456 e. The van der Waals surface area contributed by atoms with Gasteiger partial charge in [-0.05, 0) is 58.7 Å². The second kappa shape index (κ2) is 11.4. The smallest absolute Gasteiger partial charge is 0.164 e. The van der Waals surface area contributed by atoms with E-state index in [9.17, 15) is 0 Å². The van der Waals surface area contributed by atoms with Crippen molar-refractivity contribution in [3.05, 3.63) is 164 Å². The summed E-state index contributed by atoms with van der Waals surface area (Å²) in [7, 11) is 0. The Morgan fingerprint density at radius 1 is 0.300 bits per heavy atom. The van der Waals surface area contributed by atoms with Gasteiger partial charge in [0.25, 0.3) is 0 Å². The monoisotopic (exact) mass is 641 g/mol. The van der Waals surface area contributed by atoms with Gasteiger partial charge >= 0.3 is 0 Å². The van der Waals surface area contributed by atoms with Crippen LogP contribution >= 0.6 is 0 Å². The van der Waals surface area contributed by atoms with Crippen LogP contribution in [-0.2, 0) is 0 Å². The van der Waals surface area contributed by atoms with Crippen LogP contribution < -0.4 is 0 Å². The third-order valence-electron chi connectivity index (χ3n) is 9.37. The molecule has 0 unspecified atom stereocenters. The highest BCUT2D eigenvalue weighted by Crippen LogP contribution is 2.39. The fourth-order valence-corrected chi connectivity index (χ4v) is 6.89. The molecule has 0 aliphatic rings. The SMILES string of the molecule is c1ccc(-c2ccc(-c3ccc4oc5cccc(-c6nc(-c7ccccc7)nc(-c7ccc8c(c7)oc7ccccc78)n6)c5c4c3)cc2)cc1. The van der Waals surface area contributed by atoms with Crippen molar-refractivity contribution in [2.24, 2.45) is 0 Å². The number of rotatable bonds is 5. The van der Waals surface area contributed by atoms with E-state index in [-0.39, 0.29) is 0 Å². The normalized spacial score (nSPS) is 11.6. The number of para-hydroxylation sites is 1. The predicted molar refractivity (Wildman–Crippen MR) is 202 cm³/mol. The highest BCUT2D eigenvalue weighted by molar-refractivity contribution is 6.13. The molecule has 50 heavy (non-hydrogen) atoms. The van der Waals surface area contributed by atoms with E-state index in [2.05, 4.69) is 91.0 Å². The van der Waals surface area contributed by atoms with E-state index < -0.39 is 0 Å². The summed E-state index contributed by atoms with van der Waals surface area (Å²) in [5, 5.41) is 4.11. The highest BCUT2D eigenvalue weighted by Gasteiger charge is 2.19. The van der Waals surface area contributed by atoms with E-state index in [0.29, 0.717) is 17.5 Å². The van der Waals surface area contributed by atoms with Gasteiger partial charge in [-0.2, -0.15) is 0 Å². The Morgan fingerprint density at radius 3 is 1.64 bits per heavy atom. The minimum atomic E-state index is 0.570. The second-order valence-corrected chi connectivity index (χ2v) is 12.4. The van der Waals surface area contributed by atoms with Gasteiger partial charge in [0.2, 0.25) is 0 Å². The third kappa shape index (κ3) is 4.75. The Labute approximate surface area is 287 Å². The van der Waals surface area contributed by atoms with Gasteiger partial charge in [-0.25, -0.2) is 15.0 Å². The van der Waals surface area contributed by atoms with E-state index in [4.69, 9.17) is 23.8 Å². The molecular weight excluding hydrogens is 615 g/mol. The molecule has 0 saturated heterocycles. The van der Waals surface area contributed by atoms with Gasteiger partial charge in [-0.1, -0.05) is 127 Å². The average molecular weight is 642 g/mol. The molecule has 0 atom stereocenters. The summed E-state index contributed by atoms with van der Waals surface area (Å²) in [5.74, 6) is 1.74. The fourth-order valence-electron chi connectivity index (χ4n) is 6.89. The average Bonchev–Trinajstić information content (AvgIpc) is 3.76. The van der Waals surface area contributed by atoms with Gasteiger partial charge in [0.1, 0.15) is 22.3 Å². The Balaban J connectivity index is 1.13. The second-order valence-electron chi connectivity index (χ2n) is 12.4. The predicted octanol–water partition coefficient (Wildman–Crippen LogP) is 12.0. The molecule has 0 aliphatic carbocycles. The zero-order valence-electron chi connectivity index (χ0n) is 26.7. The van der Waals surface area contributed by atoms with E-state index in [1.165, 1.54) is 11.1 Å². The van der Waals surface area contributed by atoms with Crippen LogP contribution in [0.5, 0.6) is 0 Å². The molecule has 3 heterocycles. The summed E-state index contributed by atoms with van der Waals surface area (Å²) >= 11 is 0. The van der Waals surface area contributed by atoms with Crippen LogP contribution in [0.4, 0.5) is 0 Å². The number of hydrogen-bond donors (Lipinski definition) is 0. The van der Waals surface area contributed by atoms with Crippen LogP contribution in [-0.4, -0.2) is 15.0 Å². The van der Waals surface area contributed by atoms with Gasteiger partial charge in [0.15, 0.2) is 17.5 Å². The maximum atomic E-state index is 6.41. The van der Waals surface area contributed by atoms with Crippen LogP contribution in [0.15, 0.2) is 173 Å². The molecule has 10 rings (SSSR count). The number of fused-ring (bicyclic) bond motifs is 6. The van der Waals surface area contributed by atoms with Gasteiger partial charge in [0, 0.05) is 38.2 Å². The zero-order valence-corrected chi connectivity index (χ0v) is 26.7. The van der Waals surface area contributed by atoms with Crippen molar-refractivity contribution in [1.82, 2.24) is 15.0 Å². The summed E-state index contributed by atoms with van der Waals surface area (Å²) in [5.41, 5.74) is 10.5. The van der Waals surface area contributed by atoms with Crippen LogP contribution in [0.2, 0.25) is 0 Å². The lowest BCUT2D eigenvalue weighted by Crippen LogP contribution is -2.00. The van der Waals surface area contributed by atoms with Gasteiger partial charge in [-0.3, -0.25) is 0 Å². The molecule has 0 bridgehead atoms. The molecule has 0 radical (unpaired) electrons. The highest BCUT2D eigenvalue weighted by atomic mass is 16.3. The first-order valence-electron chi connectivity index (χ1n) is 16.6. The van der Waals surface area contributed by atoms with Crippen LogP contribution in [0, 0.1) is 0 Å². The number of benzene rings is 7. The van der Waals surface area contributed by atoms with Crippen molar-refractivity contribution in [3.8, 4) is 56.4 Å². The number of furan rings is 2. The van der Waals surface area contributed by atoms with Gasteiger partial charge in [0.05, 0.1) is 0 Å². The lowest BCUT2D eigenvalue weighted by atomic mass is 9.98. The van der Waals surface area contributed by atoms with Crippen LogP contribution in [0.3, 0.4) is 0 Å². The topological polar surface area (TPSA) is 65.0 Å². The van der Waals surface area contributed by atoms with Crippen molar-refractivity contribution in [1.29, 1.82) is 0 Å². The molecule has 7 aromatic carbocycles. The largest absolute Gasteiger partial charge is 0.456 e. The van der Waals surface area contributed by atoms with Gasteiger partial charge in [-0.15, -0.1) is 0 Å². The fraction of sp³-hybridized carbons (Fsp3) is 0. The lowest BCUT2D eigenvalue weighted by molar-refractivity contribution is 0.668. The summed E-state index contributed by atoms with van der Waals surface area (Å²) in [4.78, 5) is 15.2. The first-order chi connectivity index (χ1) is 24.7. The van der Waals surface area contributed by atoms with Crippen LogP contribution in [0.1, 0.15) is 0 Å². The number of hydrogen-bond acceptors (Lipinski definition) is 5. The number of aromatic nitrogens is 3. The van der Waals surface area contributed by atoms with E-state index in [0.717, 1.165) is 71.7 Å². The molecule has 10 aromatic rings. The van der Waals surface area contributed by atoms with E-state index in [1.54, 1.807) is 0 Å². The maximum Gasteiger partial charge on any atom is 0.164 e. The molecular formula is C45H27N3O2. The van der Waals surface area contributed by atoms with Crippen molar-refractivity contribution >= 4 is 43.9 Å². The first-order valence-corrected chi connectivity index (χ1v) is 16.6. The van der Waals surface area contributed by atoms with Gasteiger partial charge < -0.3 is 8.83 Å². The quantitative estimate of drug-likeness (QED) is 0.187. The maximum absolute atomic E-state index is 6.41. The Morgan fingerprint density at radius 2 is 0.840 bits per heavy atom. The standard InChI is InChI=1S/C45H27N3O2/c1-3-10-28(11-4-1)29-18-20-30(21-19-29)32-23-25-39-37(26-32)42-36(15-9-17-40(42)49-39)45-47-43(31-12-5-2-6-13-31)46-44(48-45)33-22-24-35-34-14-7-8-16-38(34)50-41(35)27-33/h1-27H. The third-order valence-corrected chi connectivity index (χ3v) is 9.37. The molecule has 234 valence electrons. The molecule has 0 spiro atoms. The van der Waals surface area contributed by atoms with Crippen LogP contribution in [0.25, 0.3) is 100 Å². The molecule has 5 heteroatoms. The van der Waals surface area contributed by atoms with Crippen molar-refractivity contribution in [2.75, 3.05) is 0 Å². The Kier molecular flexibility index (Phi) is 6.42. The Hall–Kier alpha value is -6.85. The van der Waals surface area contributed by atoms with E-state index in [1.807, 2.05) is 72.8 Å². The summed E-state index contributed by atoms with van der Waals surface area (Å²) in [6.45, 7) is 0. The summed E-state index contributed by atoms with van der Waals surface area (Å²) < 4.78 is 12.6. The first kappa shape index (κ1) is 28.2. The molecule has 0 amide bonds. The minimum absolute atomic E-state index is 0.570. The number of nitrogens with zero attached hydrogens (tertiary/aromatic N) is 3.